The van der Waals surface area contributed by atoms with Crippen molar-refractivity contribution < 1.29 is 0 Å². The van der Waals surface area contributed by atoms with Gasteiger partial charge in [0, 0.05) is 10.8 Å². The van der Waals surface area contributed by atoms with Crippen molar-refractivity contribution in [1.29, 1.82) is 0 Å². The van der Waals surface area contributed by atoms with Gasteiger partial charge in [-0.05, 0) is 34.1 Å². The summed E-state index contributed by atoms with van der Waals surface area (Å²) in [5.74, 6) is 0. The lowest BCUT2D eigenvalue weighted by atomic mass is 9.78. The van der Waals surface area contributed by atoms with Gasteiger partial charge < -0.3 is 4.57 Å². The quantitative estimate of drug-likeness (QED) is 0.297. The largest absolute Gasteiger partial charge is 0.309 e. The van der Waals surface area contributed by atoms with Crippen molar-refractivity contribution in [3.05, 3.63) is 83.2 Å². The number of rotatable bonds is 1. The first-order valence-corrected chi connectivity index (χ1v) is 10.2. The summed E-state index contributed by atoms with van der Waals surface area (Å²) in [7, 11) is 0. The molecule has 4 aromatic rings. The van der Waals surface area contributed by atoms with Gasteiger partial charge in [0.15, 0.2) is 5.69 Å². The van der Waals surface area contributed by atoms with E-state index >= 15 is 0 Å². The number of fused-ring (bicyclic) bond motifs is 3. The Morgan fingerprint density at radius 1 is 0.690 bits per heavy atom. The molecule has 146 valence electrons. The van der Waals surface area contributed by atoms with Gasteiger partial charge >= 0.3 is 0 Å². The van der Waals surface area contributed by atoms with E-state index in [1.807, 2.05) is 0 Å². The molecule has 0 bridgehead atoms. The van der Waals surface area contributed by atoms with Crippen LogP contribution < -0.4 is 0 Å². The van der Waals surface area contributed by atoms with Crippen molar-refractivity contribution in [1.82, 2.24) is 4.57 Å². The third kappa shape index (κ3) is 3.12. The number of benzene rings is 3. The van der Waals surface area contributed by atoms with Crippen molar-refractivity contribution in [2.24, 2.45) is 0 Å². The van der Waals surface area contributed by atoms with Crippen LogP contribution in [0.4, 0.5) is 5.69 Å². The predicted molar refractivity (Wildman–Crippen MR) is 124 cm³/mol. The highest BCUT2D eigenvalue weighted by molar-refractivity contribution is 6.09. The zero-order valence-electron chi connectivity index (χ0n) is 18.2. The third-order valence-corrected chi connectivity index (χ3v) is 5.64. The summed E-state index contributed by atoms with van der Waals surface area (Å²) in [6, 6.07) is 21.4. The number of aromatic nitrogens is 1. The smallest absolute Gasteiger partial charge is 0.187 e. The lowest BCUT2D eigenvalue weighted by Crippen LogP contribution is -2.22. The van der Waals surface area contributed by atoms with Crippen molar-refractivity contribution in [2.45, 2.75) is 52.4 Å². The molecule has 2 heteroatoms. The van der Waals surface area contributed by atoms with Gasteiger partial charge in [-0.3, -0.25) is 0 Å². The van der Waals surface area contributed by atoms with E-state index in [0.29, 0.717) is 5.69 Å². The Kier molecular flexibility index (Phi) is 4.32. The second kappa shape index (κ2) is 6.49. The van der Waals surface area contributed by atoms with E-state index in [4.69, 9.17) is 6.57 Å². The Balaban J connectivity index is 2.28. The summed E-state index contributed by atoms with van der Waals surface area (Å²) >= 11 is 0. The molecule has 0 amide bonds. The van der Waals surface area contributed by atoms with Gasteiger partial charge in [-0.25, -0.2) is 4.85 Å². The summed E-state index contributed by atoms with van der Waals surface area (Å²) in [5, 5.41) is 2.52. The van der Waals surface area contributed by atoms with E-state index in [9.17, 15) is 0 Å². The maximum Gasteiger partial charge on any atom is 0.187 e. The molecule has 0 aliphatic heterocycles. The van der Waals surface area contributed by atoms with Crippen molar-refractivity contribution in [3.63, 3.8) is 0 Å². The Hall–Kier alpha value is -3.05. The van der Waals surface area contributed by atoms with Crippen LogP contribution in [0.2, 0.25) is 0 Å². The van der Waals surface area contributed by atoms with Crippen LogP contribution >= 0.6 is 0 Å². The van der Waals surface area contributed by atoms with Crippen LogP contribution in [0.25, 0.3) is 32.3 Å². The van der Waals surface area contributed by atoms with E-state index in [1.54, 1.807) is 0 Å². The molecule has 1 aromatic heterocycles. The molecule has 0 spiro atoms. The van der Waals surface area contributed by atoms with Crippen LogP contribution in [-0.4, -0.2) is 4.57 Å². The topological polar surface area (TPSA) is 9.29 Å². The number of para-hydroxylation sites is 2. The van der Waals surface area contributed by atoms with Crippen molar-refractivity contribution >= 4 is 27.5 Å². The second-order valence-electron chi connectivity index (χ2n) is 9.87. The first kappa shape index (κ1) is 19.3. The van der Waals surface area contributed by atoms with Gasteiger partial charge in [-0.1, -0.05) is 90.1 Å². The summed E-state index contributed by atoms with van der Waals surface area (Å²) in [4.78, 5) is 3.81. The fraction of sp³-hybridized carbons (Fsp3) is 0.296. The summed E-state index contributed by atoms with van der Waals surface area (Å²) in [5.41, 5.74) is 6.58. The molecule has 0 aliphatic carbocycles. The van der Waals surface area contributed by atoms with Crippen LogP contribution in [0.5, 0.6) is 0 Å². The molecular formula is C27H28N2. The Morgan fingerprint density at radius 3 is 1.48 bits per heavy atom. The highest BCUT2D eigenvalue weighted by Gasteiger charge is 2.29. The Labute approximate surface area is 173 Å². The van der Waals surface area contributed by atoms with Gasteiger partial charge in [0.25, 0.3) is 0 Å². The minimum atomic E-state index is -0.0947. The Morgan fingerprint density at radius 2 is 1.10 bits per heavy atom. The minimum absolute atomic E-state index is 0.0947. The molecule has 0 N–H and O–H groups in total. The molecule has 0 unspecified atom stereocenters. The second-order valence-corrected chi connectivity index (χ2v) is 9.87. The summed E-state index contributed by atoms with van der Waals surface area (Å²) < 4.78 is 2.42. The molecular weight excluding hydrogens is 352 g/mol. The SMILES string of the molecule is [C-]#[N+]c1cc(C(C)(C)C)c(-n2c3ccccc3c3ccccc32)c(C(C)(C)C)c1. The molecule has 0 fully saturated rings. The van der Waals surface area contributed by atoms with E-state index in [0.717, 1.165) is 0 Å². The van der Waals surface area contributed by atoms with E-state index < -0.39 is 0 Å². The number of nitrogens with zero attached hydrogens (tertiary/aromatic N) is 2. The monoisotopic (exact) mass is 380 g/mol. The summed E-state index contributed by atoms with van der Waals surface area (Å²) in [6.07, 6.45) is 0. The molecule has 3 aromatic carbocycles. The zero-order chi connectivity index (χ0) is 21.0. The van der Waals surface area contributed by atoms with Crippen LogP contribution in [0.3, 0.4) is 0 Å². The lowest BCUT2D eigenvalue weighted by Gasteiger charge is -2.32. The molecule has 29 heavy (non-hydrogen) atoms. The molecule has 1 heterocycles. The number of hydrogen-bond donors (Lipinski definition) is 0. The maximum absolute atomic E-state index is 7.67. The van der Waals surface area contributed by atoms with Crippen molar-refractivity contribution in [3.8, 4) is 5.69 Å². The molecule has 0 saturated carbocycles. The van der Waals surface area contributed by atoms with Gasteiger partial charge in [-0.15, -0.1) is 0 Å². The first-order valence-electron chi connectivity index (χ1n) is 10.2. The van der Waals surface area contributed by atoms with Gasteiger partial charge in [0.05, 0.1) is 23.3 Å². The van der Waals surface area contributed by atoms with Gasteiger partial charge in [0.1, 0.15) is 0 Å². The zero-order valence-corrected chi connectivity index (χ0v) is 18.2. The van der Waals surface area contributed by atoms with Crippen LogP contribution in [0, 0.1) is 6.57 Å². The molecule has 0 aliphatic rings. The third-order valence-electron chi connectivity index (χ3n) is 5.64. The highest BCUT2D eigenvalue weighted by Crippen LogP contribution is 2.43. The fourth-order valence-corrected chi connectivity index (χ4v) is 4.23. The van der Waals surface area contributed by atoms with Crippen molar-refractivity contribution in [2.75, 3.05) is 0 Å². The standard InChI is InChI=1S/C27H28N2/c1-26(2,3)21-16-18(28-7)17-22(27(4,5)6)25(21)29-23-14-10-8-12-19(23)20-13-9-11-15-24(20)29/h8-17H,1-6H3. The van der Waals surface area contributed by atoms with E-state index in [-0.39, 0.29) is 10.8 Å². The maximum atomic E-state index is 7.67. The number of hydrogen-bond acceptors (Lipinski definition) is 0. The molecule has 2 nitrogen and oxygen atoms in total. The average molecular weight is 381 g/mol. The van der Waals surface area contributed by atoms with Gasteiger partial charge in [0.2, 0.25) is 0 Å². The molecule has 4 rings (SSSR count). The van der Waals surface area contributed by atoms with Gasteiger partial charge in [-0.2, -0.15) is 0 Å². The molecule has 0 saturated heterocycles. The Bertz CT molecular complexity index is 1180. The lowest BCUT2D eigenvalue weighted by molar-refractivity contribution is 0.564. The predicted octanol–water partition coefficient (Wildman–Crippen LogP) is 7.93. The van der Waals surface area contributed by atoms with Crippen LogP contribution in [0.15, 0.2) is 60.7 Å². The van der Waals surface area contributed by atoms with E-state index in [1.165, 1.54) is 38.6 Å². The molecule has 0 atom stereocenters. The highest BCUT2D eigenvalue weighted by atomic mass is 15.0. The normalized spacial score (nSPS) is 12.4. The van der Waals surface area contributed by atoms with Crippen LogP contribution in [-0.2, 0) is 10.8 Å². The average Bonchev–Trinajstić information content (AvgIpc) is 3.00. The van der Waals surface area contributed by atoms with E-state index in [2.05, 4.69) is 112 Å². The summed E-state index contributed by atoms with van der Waals surface area (Å²) in [6.45, 7) is 21.1. The minimum Gasteiger partial charge on any atom is -0.309 e. The molecule has 0 radical (unpaired) electrons. The van der Waals surface area contributed by atoms with Crippen LogP contribution in [0.1, 0.15) is 52.7 Å². The first-order chi connectivity index (χ1) is 13.6. The fourth-order valence-electron chi connectivity index (χ4n) is 4.23.